The Kier molecular flexibility index (Phi) is 5.79. The Bertz CT molecular complexity index is 1250. The van der Waals surface area contributed by atoms with Gasteiger partial charge in [-0.2, -0.15) is 0 Å². The smallest absolute Gasteiger partial charge is 0.283 e. The highest BCUT2D eigenvalue weighted by Gasteiger charge is 2.39. The molecule has 1 aliphatic rings. The normalized spacial score (nSPS) is 13.5. The van der Waals surface area contributed by atoms with Crippen LogP contribution in [-0.2, 0) is 9.59 Å². The van der Waals surface area contributed by atoms with Gasteiger partial charge in [0.05, 0.1) is 5.69 Å². The van der Waals surface area contributed by atoms with E-state index in [1.165, 1.54) is 0 Å². The second-order valence-electron chi connectivity index (χ2n) is 7.44. The van der Waals surface area contributed by atoms with E-state index in [0.29, 0.717) is 22.6 Å². The van der Waals surface area contributed by atoms with Crippen LogP contribution in [0.25, 0.3) is 0 Å². The van der Waals surface area contributed by atoms with E-state index in [1.807, 2.05) is 50.2 Å². The lowest BCUT2D eigenvalue weighted by Gasteiger charge is -2.17. The van der Waals surface area contributed by atoms with Gasteiger partial charge in [-0.25, -0.2) is 4.90 Å². The Hall–Kier alpha value is -3.90. The number of nitrogens with one attached hydrogen (secondary N) is 2. The Morgan fingerprint density at radius 3 is 2.09 bits per heavy atom. The second kappa shape index (κ2) is 8.69. The van der Waals surface area contributed by atoms with Crippen molar-refractivity contribution in [2.45, 2.75) is 13.8 Å². The molecule has 3 amide bonds. The minimum absolute atomic E-state index is 0.00298. The van der Waals surface area contributed by atoms with Crippen molar-refractivity contribution >= 4 is 46.4 Å². The third-order valence-corrected chi connectivity index (χ3v) is 5.46. The number of aryl methyl sites for hydroxylation is 2. The zero-order valence-electron chi connectivity index (χ0n) is 17.5. The van der Waals surface area contributed by atoms with Crippen LogP contribution in [0.15, 0.2) is 83.5 Å². The van der Waals surface area contributed by atoms with E-state index >= 15 is 0 Å². The molecule has 0 bridgehead atoms. The van der Waals surface area contributed by atoms with Crippen LogP contribution in [0.5, 0.6) is 0 Å². The lowest BCUT2D eigenvalue weighted by atomic mass is 10.1. The number of anilines is 3. The lowest BCUT2D eigenvalue weighted by Crippen LogP contribution is -2.32. The van der Waals surface area contributed by atoms with E-state index in [2.05, 4.69) is 10.6 Å². The minimum Gasteiger partial charge on any atom is -0.350 e. The molecule has 1 aliphatic heterocycles. The van der Waals surface area contributed by atoms with E-state index in [9.17, 15) is 14.4 Å². The van der Waals surface area contributed by atoms with Gasteiger partial charge in [0.1, 0.15) is 10.7 Å². The SMILES string of the molecule is Cc1ccc(NC(=O)c2ccc(NC3=C(Cl)C(=O)N(c4ccccc4C)C3=O)cc2)cc1. The maximum absolute atomic E-state index is 12.9. The number of carbonyl (C=O) groups is 3. The molecule has 7 heteroatoms. The second-order valence-corrected chi connectivity index (χ2v) is 7.82. The monoisotopic (exact) mass is 445 g/mol. The molecule has 0 aromatic heterocycles. The number of para-hydroxylation sites is 1. The molecule has 32 heavy (non-hydrogen) atoms. The molecule has 0 saturated carbocycles. The lowest BCUT2D eigenvalue weighted by molar-refractivity contribution is -0.120. The molecule has 0 unspecified atom stereocenters. The van der Waals surface area contributed by atoms with Gasteiger partial charge in [0.25, 0.3) is 17.7 Å². The summed E-state index contributed by atoms with van der Waals surface area (Å²) in [5.41, 5.74) is 4.05. The summed E-state index contributed by atoms with van der Waals surface area (Å²) in [4.78, 5) is 39.1. The van der Waals surface area contributed by atoms with Crippen molar-refractivity contribution in [2.75, 3.05) is 15.5 Å². The van der Waals surface area contributed by atoms with E-state index in [0.717, 1.165) is 16.0 Å². The van der Waals surface area contributed by atoms with Gasteiger partial charge in [0.15, 0.2) is 0 Å². The zero-order chi connectivity index (χ0) is 22.8. The number of benzene rings is 3. The van der Waals surface area contributed by atoms with Gasteiger partial charge in [-0.1, -0.05) is 47.5 Å². The largest absolute Gasteiger partial charge is 0.350 e. The molecule has 0 atom stereocenters. The topological polar surface area (TPSA) is 78.5 Å². The molecule has 0 radical (unpaired) electrons. The molecule has 160 valence electrons. The molecule has 4 rings (SSSR count). The van der Waals surface area contributed by atoms with Crippen LogP contribution in [-0.4, -0.2) is 17.7 Å². The van der Waals surface area contributed by atoms with Crippen molar-refractivity contribution in [1.29, 1.82) is 0 Å². The van der Waals surface area contributed by atoms with E-state index < -0.39 is 11.8 Å². The van der Waals surface area contributed by atoms with E-state index in [4.69, 9.17) is 11.6 Å². The minimum atomic E-state index is -0.581. The standard InChI is InChI=1S/C25H20ClN3O3/c1-15-7-11-19(12-8-15)28-23(30)17-9-13-18(14-10-17)27-22-21(26)24(31)29(25(22)32)20-6-4-3-5-16(20)2/h3-14,27H,1-2H3,(H,28,30). The number of hydrogen-bond donors (Lipinski definition) is 2. The summed E-state index contributed by atoms with van der Waals surface area (Å²) in [7, 11) is 0. The first-order valence-corrected chi connectivity index (χ1v) is 10.3. The summed E-state index contributed by atoms with van der Waals surface area (Å²) in [6.07, 6.45) is 0. The summed E-state index contributed by atoms with van der Waals surface area (Å²) < 4.78 is 0. The highest BCUT2D eigenvalue weighted by atomic mass is 35.5. The molecule has 6 nitrogen and oxygen atoms in total. The fourth-order valence-electron chi connectivity index (χ4n) is 3.33. The van der Waals surface area contributed by atoms with Gasteiger partial charge in [0, 0.05) is 16.9 Å². The molecule has 3 aromatic carbocycles. The van der Waals surface area contributed by atoms with Gasteiger partial charge < -0.3 is 10.6 Å². The van der Waals surface area contributed by atoms with E-state index in [-0.39, 0.29) is 16.6 Å². The highest BCUT2D eigenvalue weighted by Crippen LogP contribution is 2.31. The van der Waals surface area contributed by atoms with Crippen molar-refractivity contribution in [3.8, 4) is 0 Å². The number of hydrogen-bond acceptors (Lipinski definition) is 4. The number of carbonyl (C=O) groups excluding carboxylic acids is 3. The predicted molar refractivity (Wildman–Crippen MR) is 126 cm³/mol. The van der Waals surface area contributed by atoms with E-state index in [1.54, 1.807) is 36.4 Å². The van der Waals surface area contributed by atoms with Crippen LogP contribution < -0.4 is 15.5 Å². The average Bonchev–Trinajstić information content (AvgIpc) is 2.99. The first-order chi connectivity index (χ1) is 15.3. The van der Waals surface area contributed by atoms with Crippen LogP contribution in [0, 0.1) is 13.8 Å². The maximum atomic E-state index is 12.9. The predicted octanol–water partition coefficient (Wildman–Crippen LogP) is 4.99. The quantitative estimate of drug-likeness (QED) is 0.542. The highest BCUT2D eigenvalue weighted by molar-refractivity contribution is 6.53. The average molecular weight is 446 g/mol. The van der Waals surface area contributed by atoms with Gasteiger partial charge in [-0.3, -0.25) is 14.4 Å². The molecule has 2 N–H and O–H groups in total. The third kappa shape index (κ3) is 4.13. The Morgan fingerprint density at radius 2 is 1.44 bits per heavy atom. The Morgan fingerprint density at radius 1 is 0.812 bits per heavy atom. The molecule has 0 aliphatic carbocycles. The fourth-order valence-corrected chi connectivity index (χ4v) is 3.55. The van der Waals surface area contributed by atoms with Crippen molar-refractivity contribution < 1.29 is 14.4 Å². The van der Waals surface area contributed by atoms with Crippen LogP contribution in [0.4, 0.5) is 17.1 Å². The molecular weight excluding hydrogens is 426 g/mol. The van der Waals surface area contributed by atoms with Crippen molar-refractivity contribution in [2.24, 2.45) is 0 Å². The summed E-state index contributed by atoms with van der Waals surface area (Å²) in [5.74, 6) is -1.37. The van der Waals surface area contributed by atoms with Gasteiger partial charge in [0.2, 0.25) is 0 Å². The molecule has 3 aromatic rings. The maximum Gasteiger partial charge on any atom is 0.283 e. The van der Waals surface area contributed by atoms with Crippen LogP contribution in [0.2, 0.25) is 0 Å². The number of rotatable bonds is 5. The molecule has 0 saturated heterocycles. The summed E-state index contributed by atoms with van der Waals surface area (Å²) >= 11 is 6.19. The van der Waals surface area contributed by atoms with Gasteiger partial charge in [-0.15, -0.1) is 0 Å². The first kappa shape index (κ1) is 21.3. The number of amides is 3. The van der Waals surface area contributed by atoms with Gasteiger partial charge >= 0.3 is 0 Å². The summed E-state index contributed by atoms with van der Waals surface area (Å²) in [6, 6.07) is 21.1. The van der Waals surface area contributed by atoms with Gasteiger partial charge in [-0.05, 0) is 61.9 Å². The fraction of sp³-hybridized carbons (Fsp3) is 0.0800. The summed E-state index contributed by atoms with van der Waals surface area (Å²) in [6.45, 7) is 3.79. The summed E-state index contributed by atoms with van der Waals surface area (Å²) in [5, 5.41) is 5.57. The molecule has 1 heterocycles. The van der Waals surface area contributed by atoms with Crippen LogP contribution in [0.1, 0.15) is 21.5 Å². The molecule has 0 fully saturated rings. The Labute approximate surface area is 190 Å². The third-order valence-electron chi connectivity index (χ3n) is 5.11. The molecule has 0 spiro atoms. The zero-order valence-corrected chi connectivity index (χ0v) is 18.2. The molecular formula is C25H20ClN3O3. The number of halogens is 1. The number of nitrogens with zero attached hydrogens (tertiary/aromatic N) is 1. The first-order valence-electron chi connectivity index (χ1n) is 9.94. The Balaban J connectivity index is 1.49. The van der Waals surface area contributed by atoms with Crippen molar-refractivity contribution in [3.05, 3.63) is 100 Å². The van der Waals surface area contributed by atoms with Crippen LogP contribution >= 0.6 is 11.6 Å². The van der Waals surface area contributed by atoms with Crippen LogP contribution in [0.3, 0.4) is 0 Å². The number of imide groups is 1. The van der Waals surface area contributed by atoms with Crippen molar-refractivity contribution in [3.63, 3.8) is 0 Å². The van der Waals surface area contributed by atoms with Crippen molar-refractivity contribution in [1.82, 2.24) is 0 Å².